The summed E-state index contributed by atoms with van der Waals surface area (Å²) in [6, 6.07) is 5.78. The summed E-state index contributed by atoms with van der Waals surface area (Å²) in [7, 11) is 1.55. The second-order valence-corrected chi connectivity index (χ2v) is 4.64. The van der Waals surface area contributed by atoms with Gasteiger partial charge in [-0.2, -0.15) is 0 Å². The molecule has 0 radical (unpaired) electrons. The highest BCUT2D eigenvalue weighted by Crippen LogP contribution is 2.32. The van der Waals surface area contributed by atoms with Crippen LogP contribution in [0.2, 0.25) is 0 Å². The van der Waals surface area contributed by atoms with E-state index in [9.17, 15) is 9.90 Å². The molecule has 0 saturated heterocycles. The Bertz CT molecular complexity index is 427. The van der Waals surface area contributed by atoms with E-state index < -0.39 is 11.9 Å². The maximum atomic E-state index is 11.3. The molecule has 106 valence electrons. The first-order valence-electron chi connectivity index (χ1n) is 6.69. The zero-order valence-corrected chi connectivity index (χ0v) is 11.8. The molecule has 0 heterocycles. The van der Waals surface area contributed by atoms with E-state index in [2.05, 4.69) is 13.8 Å². The van der Waals surface area contributed by atoms with Crippen LogP contribution in [0.25, 0.3) is 0 Å². The van der Waals surface area contributed by atoms with Crippen LogP contribution in [0.1, 0.15) is 49.7 Å². The maximum Gasteiger partial charge on any atom is 0.312 e. The molecule has 4 heteroatoms. The predicted octanol–water partition coefficient (Wildman–Crippen LogP) is 2.73. The average Bonchev–Trinajstić information content (AvgIpc) is 2.41. The van der Waals surface area contributed by atoms with Crippen LogP contribution in [0.15, 0.2) is 18.2 Å². The minimum atomic E-state index is -0.914. The number of methoxy groups -OCH3 is 1. The first kappa shape index (κ1) is 15.5. The van der Waals surface area contributed by atoms with Crippen molar-refractivity contribution in [1.82, 2.24) is 0 Å². The fourth-order valence-corrected chi connectivity index (χ4v) is 2.40. The zero-order valence-electron chi connectivity index (χ0n) is 11.8. The summed E-state index contributed by atoms with van der Waals surface area (Å²) in [5.41, 5.74) is 7.41. The van der Waals surface area contributed by atoms with Gasteiger partial charge in [-0.15, -0.1) is 0 Å². The zero-order chi connectivity index (χ0) is 14.4. The van der Waals surface area contributed by atoms with Crippen LogP contribution in [-0.4, -0.2) is 24.7 Å². The lowest BCUT2D eigenvalue weighted by Crippen LogP contribution is -2.22. The van der Waals surface area contributed by atoms with E-state index >= 15 is 0 Å². The smallest absolute Gasteiger partial charge is 0.312 e. The van der Waals surface area contributed by atoms with Crippen LogP contribution in [-0.2, 0) is 4.79 Å². The van der Waals surface area contributed by atoms with Crippen molar-refractivity contribution in [3.8, 4) is 5.75 Å². The number of hydrogen-bond donors (Lipinski definition) is 2. The number of nitrogens with two attached hydrogens (primary N) is 1. The van der Waals surface area contributed by atoms with Crippen LogP contribution in [0, 0.1) is 0 Å². The summed E-state index contributed by atoms with van der Waals surface area (Å²) in [5, 5.41) is 9.25. The van der Waals surface area contributed by atoms with Gasteiger partial charge in [-0.1, -0.05) is 26.0 Å². The Kier molecular flexibility index (Phi) is 5.83. The summed E-state index contributed by atoms with van der Waals surface area (Å²) >= 11 is 0. The molecule has 0 amide bonds. The number of carboxylic acids is 1. The molecule has 0 saturated carbocycles. The number of carbonyl (C=O) groups is 1. The van der Waals surface area contributed by atoms with Crippen molar-refractivity contribution in [2.75, 3.05) is 13.7 Å². The molecular weight excluding hydrogens is 242 g/mol. The number of aliphatic carboxylic acids is 1. The molecule has 1 rings (SSSR count). The molecule has 1 unspecified atom stereocenters. The first-order chi connectivity index (χ1) is 9.08. The molecule has 0 aliphatic rings. The standard InChI is InChI=1S/C15H23NO3/c1-4-10(5-2)11-6-7-14(19-3)12(8-11)13(9-16)15(17)18/h6-8,10,13H,4-5,9,16H2,1-3H3,(H,17,18). The quantitative estimate of drug-likeness (QED) is 0.795. The molecule has 0 aliphatic carbocycles. The van der Waals surface area contributed by atoms with E-state index in [1.165, 1.54) is 0 Å². The third-order valence-electron chi connectivity index (χ3n) is 3.62. The molecule has 0 aliphatic heterocycles. The molecule has 0 aromatic heterocycles. The third-order valence-corrected chi connectivity index (χ3v) is 3.62. The Morgan fingerprint density at radius 1 is 1.37 bits per heavy atom. The van der Waals surface area contributed by atoms with E-state index in [1.807, 2.05) is 18.2 Å². The summed E-state index contributed by atoms with van der Waals surface area (Å²) in [6.45, 7) is 4.34. The van der Waals surface area contributed by atoms with Crippen molar-refractivity contribution in [3.63, 3.8) is 0 Å². The lowest BCUT2D eigenvalue weighted by molar-refractivity contribution is -0.138. The molecule has 1 aromatic carbocycles. The largest absolute Gasteiger partial charge is 0.496 e. The van der Waals surface area contributed by atoms with Crippen LogP contribution in [0.5, 0.6) is 5.75 Å². The van der Waals surface area contributed by atoms with Crippen molar-refractivity contribution >= 4 is 5.97 Å². The Labute approximate surface area is 114 Å². The number of rotatable bonds is 7. The molecule has 3 N–H and O–H groups in total. The van der Waals surface area contributed by atoms with Crippen molar-refractivity contribution in [1.29, 1.82) is 0 Å². The number of hydrogen-bond acceptors (Lipinski definition) is 3. The normalized spacial score (nSPS) is 12.5. The molecule has 0 fully saturated rings. The first-order valence-corrected chi connectivity index (χ1v) is 6.69. The summed E-state index contributed by atoms with van der Waals surface area (Å²) < 4.78 is 5.26. The SMILES string of the molecule is CCC(CC)c1ccc(OC)c(C(CN)C(=O)O)c1. The second-order valence-electron chi connectivity index (χ2n) is 4.64. The van der Waals surface area contributed by atoms with Gasteiger partial charge in [0.25, 0.3) is 0 Å². The van der Waals surface area contributed by atoms with Crippen LogP contribution in [0.3, 0.4) is 0 Å². The van der Waals surface area contributed by atoms with E-state index in [0.29, 0.717) is 17.2 Å². The van der Waals surface area contributed by atoms with Crippen molar-refractivity contribution in [3.05, 3.63) is 29.3 Å². The van der Waals surface area contributed by atoms with Gasteiger partial charge in [0.2, 0.25) is 0 Å². The van der Waals surface area contributed by atoms with Gasteiger partial charge in [0.15, 0.2) is 0 Å². The van der Waals surface area contributed by atoms with Crippen molar-refractivity contribution < 1.29 is 14.6 Å². The topological polar surface area (TPSA) is 72.5 Å². The fourth-order valence-electron chi connectivity index (χ4n) is 2.40. The van der Waals surface area contributed by atoms with Crippen molar-refractivity contribution in [2.24, 2.45) is 5.73 Å². The summed E-state index contributed by atoms with van der Waals surface area (Å²) in [6.07, 6.45) is 2.06. The Morgan fingerprint density at radius 3 is 2.42 bits per heavy atom. The predicted molar refractivity (Wildman–Crippen MR) is 75.7 cm³/mol. The summed E-state index contributed by atoms with van der Waals surface area (Å²) in [5.74, 6) is -0.601. The van der Waals surface area contributed by atoms with Gasteiger partial charge >= 0.3 is 5.97 Å². The van der Waals surface area contributed by atoms with Gasteiger partial charge in [0, 0.05) is 12.1 Å². The van der Waals surface area contributed by atoms with Gasteiger partial charge in [-0.25, -0.2) is 0 Å². The van der Waals surface area contributed by atoms with E-state index in [0.717, 1.165) is 18.4 Å². The molecule has 0 bridgehead atoms. The third kappa shape index (κ3) is 3.47. The minimum Gasteiger partial charge on any atom is -0.496 e. The van der Waals surface area contributed by atoms with Gasteiger partial charge in [-0.3, -0.25) is 4.79 Å². The van der Waals surface area contributed by atoms with E-state index in [1.54, 1.807) is 7.11 Å². The lowest BCUT2D eigenvalue weighted by atomic mass is 9.89. The molecule has 4 nitrogen and oxygen atoms in total. The molecule has 1 aromatic rings. The van der Waals surface area contributed by atoms with Gasteiger partial charge in [-0.05, 0) is 30.4 Å². The molecular formula is C15H23NO3. The van der Waals surface area contributed by atoms with Crippen LogP contribution >= 0.6 is 0 Å². The summed E-state index contributed by atoms with van der Waals surface area (Å²) in [4.78, 5) is 11.3. The highest BCUT2D eigenvalue weighted by Gasteiger charge is 2.23. The Balaban J connectivity index is 3.26. The Hall–Kier alpha value is -1.55. The molecule has 1 atom stereocenters. The molecule has 19 heavy (non-hydrogen) atoms. The fraction of sp³-hybridized carbons (Fsp3) is 0.533. The van der Waals surface area contributed by atoms with Gasteiger partial charge in [0.1, 0.15) is 5.75 Å². The van der Waals surface area contributed by atoms with Gasteiger partial charge < -0.3 is 15.6 Å². The second kappa shape index (κ2) is 7.14. The highest BCUT2D eigenvalue weighted by atomic mass is 16.5. The van der Waals surface area contributed by atoms with Crippen LogP contribution in [0.4, 0.5) is 0 Å². The maximum absolute atomic E-state index is 11.3. The van der Waals surface area contributed by atoms with Crippen molar-refractivity contribution in [2.45, 2.75) is 38.5 Å². The van der Waals surface area contributed by atoms with Gasteiger partial charge in [0.05, 0.1) is 13.0 Å². The number of ether oxygens (including phenoxy) is 1. The van der Waals surface area contributed by atoms with E-state index in [-0.39, 0.29) is 6.54 Å². The number of benzene rings is 1. The highest BCUT2D eigenvalue weighted by molar-refractivity contribution is 5.77. The Morgan fingerprint density at radius 2 is 2.00 bits per heavy atom. The van der Waals surface area contributed by atoms with E-state index in [4.69, 9.17) is 10.5 Å². The monoisotopic (exact) mass is 265 g/mol. The average molecular weight is 265 g/mol. The van der Waals surface area contributed by atoms with Crippen LogP contribution < -0.4 is 10.5 Å². The molecule has 0 spiro atoms. The lowest BCUT2D eigenvalue weighted by Gasteiger charge is -2.19. The number of carboxylic acid groups (broad SMARTS) is 1. The minimum absolute atomic E-state index is 0.0675.